The average Bonchev–Trinajstić information content (AvgIpc) is 2.35. The number of aliphatic hydroxyl groups excluding tert-OH is 1. The zero-order valence-electron chi connectivity index (χ0n) is 11.8. The summed E-state index contributed by atoms with van der Waals surface area (Å²) in [4.78, 5) is 3.08. The van der Waals surface area contributed by atoms with Crippen LogP contribution in [0.15, 0.2) is 23.1 Å². The van der Waals surface area contributed by atoms with Gasteiger partial charge in [-0.1, -0.05) is 13.0 Å². The van der Waals surface area contributed by atoms with Gasteiger partial charge < -0.3 is 15.7 Å². The monoisotopic (exact) mass is 281 g/mol. The fourth-order valence-electron chi connectivity index (χ4n) is 1.89. The minimum absolute atomic E-state index is 0.0930. The van der Waals surface area contributed by atoms with Gasteiger partial charge in [-0.25, -0.2) is 0 Å². The summed E-state index contributed by atoms with van der Waals surface area (Å²) in [6.07, 6.45) is 0.371. The molecule has 5 heteroatoms. The fourth-order valence-corrected chi connectivity index (χ4v) is 2.73. The Labute approximate surface area is 119 Å². The molecule has 0 spiro atoms. The molecule has 1 aromatic rings. The number of hydrogen-bond acceptors (Lipinski definition) is 4. The highest BCUT2D eigenvalue weighted by atomic mass is 32.2. The molecule has 0 radical (unpaired) electrons. The van der Waals surface area contributed by atoms with Crippen molar-refractivity contribution in [2.45, 2.75) is 31.3 Å². The molecule has 106 valence electrons. The van der Waals surface area contributed by atoms with E-state index in [1.165, 1.54) is 0 Å². The molecule has 0 amide bonds. The maximum absolute atomic E-state index is 9.37. The molecule has 1 atom stereocenters. The van der Waals surface area contributed by atoms with Gasteiger partial charge >= 0.3 is 0 Å². The summed E-state index contributed by atoms with van der Waals surface area (Å²) < 4.78 is 0. The van der Waals surface area contributed by atoms with E-state index in [-0.39, 0.29) is 11.9 Å². The Morgan fingerprint density at radius 1 is 1.53 bits per heavy atom. The number of nitrogen functional groups attached to an aromatic ring is 1. The van der Waals surface area contributed by atoms with Crippen molar-refractivity contribution in [1.82, 2.24) is 0 Å². The summed E-state index contributed by atoms with van der Waals surface area (Å²) in [7, 11) is 1.96. The second kappa shape index (κ2) is 7.40. The van der Waals surface area contributed by atoms with Gasteiger partial charge in [0.1, 0.15) is 5.84 Å². The van der Waals surface area contributed by atoms with Crippen molar-refractivity contribution in [3.8, 4) is 0 Å². The molecule has 0 aromatic heterocycles. The van der Waals surface area contributed by atoms with E-state index >= 15 is 0 Å². The third-order valence-corrected chi connectivity index (χ3v) is 3.81. The summed E-state index contributed by atoms with van der Waals surface area (Å²) in [5, 5.41) is 17.2. The molecule has 4 nitrogen and oxygen atoms in total. The topological polar surface area (TPSA) is 73.3 Å². The van der Waals surface area contributed by atoms with E-state index in [2.05, 4.69) is 6.92 Å². The molecular weight excluding hydrogens is 258 g/mol. The van der Waals surface area contributed by atoms with Gasteiger partial charge in [-0.2, -0.15) is 0 Å². The lowest BCUT2D eigenvalue weighted by Crippen LogP contribution is -2.25. The number of nitrogens with zero attached hydrogens (tertiary/aromatic N) is 1. The first-order valence-corrected chi connectivity index (χ1v) is 7.45. The fraction of sp³-hybridized carbons (Fsp3) is 0.500. The summed E-state index contributed by atoms with van der Waals surface area (Å²) in [6, 6.07) is 5.95. The first kappa shape index (κ1) is 15.9. The first-order chi connectivity index (χ1) is 8.97. The van der Waals surface area contributed by atoms with Gasteiger partial charge in [0.15, 0.2) is 0 Å². The highest BCUT2D eigenvalue weighted by molar-refractivity contribution is 7.99. The van der Waals surface area contributed by atoms with Crippen molar-refractivity contribution < 1.29 is 5.11 Å². The molecule has 0 bridgehead atoms. The number of thioether (sulfide) groups is 1. The Kier molecular flexibility index (Phi) is 6.18. The van der Waals surface area contributed by atoms with Crippen LogP contribution >= 0.6 is 11.8 Å². The molecule has 1 aromatic carbocycles. The van der Waals surface area contributed by atoms with E-state index in [4.69, 9.17) is 11.1 Å². The van der Waals surface area contributed by atoms with Crippen LogP contribution in [0.3, 0.4) is 0 Å². The number of anilines is 1. The van der Waals surface area contributed by atoms with E-state index in [0.29, 0.717) is 6.42 Å². The molecule has 0 saturated heterocycles. The SMILES string of the molecule is CCSc1cccc(N(C)CCC(C)O)c1C(=N)N. The second-order valence-corrected chi connectivity index (χ2v) is 5.86. The minimum atomic E-state index is -0.323. The number of aliphatic hydroxyl groups is 1. The summed E-state index contributed by atoms with van der Waals surface area (Å²) >= 11 is 1.69. The second-order valence-electron chi connectivity index (χ2n) is 4.56. The maximum atomic E-state index is 9.37. The van der Waals surface area contributed by atoms with Crippen LogP contribution in [0.2, 0.25) is 0 Å². The molecule has 0 saturated carbocycles. The normalized spacial score (nSPS) is 12.2. The molecule has 0 aliphatic rings. The Bertz CT molecular complexity index is 435. The smallest absolute Gasteiger partial charge is 0.126 e. The van der Waals surface area contributed by atoms with Crippen LogP contribution < -0.4 is 10.6 Å². The van der Waals surface area contributed by atoms with Crippen LogP contribution in [0.5, 0.6) is 0 Å². The molecule has 0 aliphatic heterocycles. The van der Waals surface area contributed by atoms with E-state index in [1.807, 2.05) is 30.1 Å². The zero-order valence-corrected chi connectivity index (χ0v) is 12.6. The van der Waals surface area contributed by atoms with Crippen LogP contribution in [0.4, 0.5) is 5.69 Å². The predicted molar refractivity (Wildman–Crippen MR) is 83.4 cm³/mol. The average molecular weight is 281 g/mol. The largest absolute Gasteiger partial charge is 0.393 e. The lowest BCUT2D eigenvalue weighted by Gasteiger charge is -2.24. The summed E-state index contributed by atoms with van der Waals surface area (Å²) in [5.74, 6) is 1.04. The Balaban J connectivity index is 3.04. The van der Waals surface area contributed by atoms with Crippen molar-refractivity contribution in [2.24, 2.45) is 5.73 Å². The summed E-state index contributed by atoms with van der Waals surface area (Å²) in [5.41, 5.74) is 7.48. The highest BCUT2D eigenvalue weighted by Crippen LogP contribution is 2.30. The van der Waals surface area contributed by atoms with E-state index in [9.17, 15) is 5.11 Å². The lowest BCUT2D eigenvalue weighted by molar-refractivity contribution is 0.187. The van der Waals surface area contributed by atoms with Crippen LogP contribution in [-0.2, 0) is 0 Å². The molecule has 1 rings (SSSR count). The van der Waals surface area contributed by atoms with Gasteiger partial charge in [-0.3, -0.25) is 5.41 Å². The van der Waals surface area contributed by atoms with Crippen LogP contribution in [0, 0.1) is 5.41 Å². The first-order valence-electron chi connectivity index (χ1n) is 6.46. The van der Waals surface area contributed by atoms with Gasteiger partial charge in [0.25, 0.3) is 0 Å². The number of amidine groups is 1. The van der Waals surface area contributed by atoms with Crippen LogP contribution in [-0.4, -0.2) is 36.4 Å². The van der Waals surface area contributed by atoms with Gasteiger partial charge in [-0.15, -0.1) is 11.8 Å². The standard InChI is InChI=1S/C14H23N3OS/c1-4-19-12-7-5-6-11(13(12)14(15)16)17(3)9-8-10(2)18/h5-7,10,18H,4,8-9H2,1-3H3,(H3,15,16). The summed E-state index contributed by atoms with van der Waals surface area (Å²) in [6.45, 7) is 4.60. The Hall–Kier alpha value is -1.20. The van der Waals surface area contributed by atoms with E-state index in [0.717, 1.165) is 28.4 Å². The quantitative estimate of drug-likeness (QED) is 0.407. The van der Waals surface area contributed by atoms with E-state index in [1.54, 1.807) is 18.7 Å². The zero-order chi connectivity index (χ0) is 14.4. The van der Waals surface area contributed by atoms with Crippen LogP contribution in [0.1, 0.15) is 25.8 Å². The molecule has 4 N–H and O–H groups in total. The number of hydrogen-bond donors (Lipinski definition) is 3. The molecule has 1 unspecified atom stereocenters. The van der Waals surface area contributed by atoms with Crippen LogP contribution in [0.25, 0.3) is 0 Å². The third-order valence-electron chi connectivity index (χ3n) is 2.87. The molecule has 0 heterocycles. The van der Waals surface area contributed by atoms with E-state index < -0.39 is 0 Å². The third kappa shape index (κ3) is 4.44. The molecular formula is C14H23N3OS. The number of nitrogens with two attached hydrogens (primary N) is 1. The molecule has 19 heavy (non-hydrogen) atoms. The number of rotatable bonds is 7. The molecule has 0 fully saturated rings. The van der Waals surface area contributed by atoms with Gasteiger partial charge in [0.05, 0.1) is 11.7 Å². The number of nitrogens with one attached hydrogen (secondary N) is 1. The van der Waals surface area contributed by atoms with Gasteiger partial charge in [0, 0.05) is 24.2 Å². The lowest BCUT2D eigenvalue weighted by atomic mass is 10.1. The highest BCUT2D eigenvalue weighted by Gasteiger charge is 2.14. The van der Waals surface area contributed by atoms with Gasteiger partial charge in [0.2, 0.25) is 0 Å². The van der Waals surface area contributed by atoms with Gasteiger partial charge in [-0.05, 0) is 31.2 Å². The minimum Gasteiger partial charge on any atom is -0.393 e. The maximum Gasteiger partial charge on any atom is 0.126 e. The van der Waals surface area contributed by atoms with Crippen molar-refractivity contribution in [2.75, 3.05) is 24.2 Å². The number of benzene rings is 1. The van der Waals surface area contributed by atoms with Crippen molar-refractivity contribution >= 4 is 23.3 Å². The Morgan fingerprint density at radius 3 is 2.74 bits per heavy atom. The van der Waals surface area contributed by atoms with Crippen molar-refractivity contribution in [3.63, 3.8) is 0 Å². The Morgan fingerprint density at radius 2 is 2.21 bits per heavy atom. The van der Waals surface area contributed by atoms with Crippen molar-refractivity contribution in [1.29, 1.82) is 5.41 Å². The van der Waals surface area contributed by atoms with Crippen molar-refractivity contribution in [3.05, 3.63) is 23.8 Å². The predicted octanol–water partition coefficient (Wildman–Crippen LogP) is 2.29. The molecule has 0 aliphatic carbocycles.